The minimum Gasteiger partial charge on any atom is -0.465 e. The molecule has 2 aromatic carbocycles. The van der Waals surface area contributed by atoms with Crippen LogP contribution in [0.5, 0.6) is 0 Å². The van der Waals surface area contributed by atoms with Crippen LogP contribution in [-0.2, 0) is 14.3 Å². The summed E-state index contributed by atoms with van der Waals surface area (Å²) in [7, 11) is 1.28. The van der Waals surface area contributed by atoms with Gasteiger partial charge in [0.1, 0.15) is 0 Å². The lowest BCUT2D eigenvalue weighted by molar-refractivity contribution is -0.136. The molecule has 132 valence electrons. The Morgan fingerprint density at radius 1 is 1.08 bits per heavy atom. The minimum absolute atomic E-state index is 0.215. The molecule has 4 nitrogen and oxygen atoms in total. The normalized spacial score (nSPS) is 15.8. The second-order valence-corrected chi connectivity index (χ2v) is 6.49. The van der Waals surface area contributed by atoms with E-state index in [4.69, 9.17) is 27.9 Å². The fourth-order valence-electron chi connectivity index (χ4n) is 2.83. The number of carbonyl (C=O) groups excluding carboxylic acids is 2. The number of ether oxygens (including phenoxy) is 1. The first-order chi connectivity index (χ1) is 12.4. The van der Waals surface area contributed by atoms with Crippen molar-refractivity contribution in [1.29, 1.82) is 0 Å². The lowest BCUT2D eigenvalue weighted by Crippen LogP contribution is -2.24. The van der Waals surface area contributed by atoms with Gasteiger partial charge in [-0.3, -0.25) is 9.69 Å². The Kier molecular flexibility index (Phi) is 5.16. The summed E-state index contributed by atoms with van der Waals surface area (Å²) in [5.41, 5.74) is 2.19. The van der Waals surface area contributed by atoms with Gasteiger partial charge in [0.05, 0.1) is 18.3 Å². The van der Waals surface area contributed by atoms with Gasteiger partial charge in [-0.15, -0.1) is 0 Å². The molecule has 26 heavy (non-hydrogen) atoms. The lowest BCUT2D eigenvalue weighted by atomic mass is 10.0. The number of nitrogens with zero attached hydrogens (tertiary/aromatic N) is 1. The number of allylic oxidation sites excluding steroid dienone is 1. The van der Waals surface area contributed by atoms with Gasteiger partial charge in [-0.05, 0) is 48.9 Å². The van der Waals surface area contributed by atoms with Crippen molar-refractivity contribution >= 4 is 46.8 Å². The summed E-state index contributed by atoms with van der Waals surface area (Å²) in [5, 5.41) is 1.04. The van der Waals surface area contributed by atoms with E-state index in [-0.39, 0.29) is 17.1 Å². The third kappa shape index (κ3) is 3.26. The average Bonchev–Trinajstić information content (AvgIpc) is 2.87. The third-order valence-electron chi connectivity index (χ3n) is 4.08. The molecular weight excluding hydrogens is 373 g/mol. The molecule has 0 saturated carbocycles. The molecule has 1 amide bonds. The largest absolute Gasteiger partial charge is 0.465 e. The van der Waals surface area contributed by atoms with Crippen LogP contribution in [0.3, 0.4) is 0 Å². The van der Waals surface area contributed by atoms with Gasteiger partial charge in [0, 0.05) is 21.4 Å². The summed E-state index contributed by atoms with van der Waals surface area (Å²) in [6, 6.07) is 13.9. The molecule has 6 heteroatoms. The molecule has 1 aliphatic heterocycles. The molecule has 0 unspecified atom stereocenters. The van der Waals surface area contributed by atoms with E-state index in [9.17, 15) is 9.59 Å². The van der Waals surface area contributed by atoms with E-state index in [1.807, 2.05) is 6.07 Å². The van der Waals surface area contributed by atoms with Gasteiger partial charge >= 0.3 is 5.97 Å². The van der Waals surface area contributed by atoms with Gasteiger partial charge in [-0.1, -0.05) is 41.4 Å². The number of carbonyl (C=O) groups is 2. The maximum absolute atomic E-state index is 13.1. The first kappa shape index (κ1) is 18.2. The fraction of sp³-hybridized carbons (Fsp3) is 0.100. The molecule has 0 N–H and O–H groups in total. The molecule has 2 aromatic rings. The van der Waals surface area contributed by atoms with Gasteiger partial charge in [-0.2, -0.15) is 0 Å². The van der Waals surface area contributed by atoms with Crippen LogP contribution in [0, 0.1) is 0 Å². The van der Waals surface area contributed by atoms with Crippen molar-refractivity contribution in [2.45, 2.75) is 6.92 Å². The SMILES string of the molecule is COC(=O)C1=C(C)N(c2ccc(Cl)cc2)C(=O)C1=Cc1ccccc1Cl. The molecule has 0 aliphatic carbocycles. The highest BCUT2D eigenvalue weighted by Crippen LogP contribution is 2.36. The minimum atomic E-state index is -0.578. The van der Waals surface area contributed by atoms with E-state index in [0.717, 1.165) is 0 Å². The van der Waals surface area contributed by atoms with Crippen LogP contribution in [0.1, 0.15) is 12.5 Å². The Labute approximate surface area is 161 Å². The Hall–Kier alpha value is -2.56. The number of amides is 1. The van der Waals surface area contributed by atoms with E-state index in [2.05, 4.69) is 0 Å². The topological polar surface area (TPSA) is 46.6 Å². The first-order valence-corrected chi connectivity index (χ1v) is 8.55. The van der Waals surface area contributed by atoms with E-state index in [1.54, 1.807) is 55.5 Å². The van der Waals surface area contributed by atoms with Crippen LogP contribution < -0.4 is 4.90 Å². The molecule has 0 fully saturated rings. The summed E-state index contributed by atoms with van der Waals surface area (Å²) in [6.07, 6.45) is 1.61. The Morgan fingerprint density at radius 2 is 1.73 bits per heavy atom. The summed E-state index contributed by atoms with van der Waals surface area (Å²) < 4.78 is 4.88. The first-order valence-electron chi connectivity index (χ1n) is 7.80. The molecule has 0 aromatic heterocycles. The van der Waals surface area contributed by atoms with Gasteiger partial charge in [0.15, 0.2) is 0 Å². The fourth-order valence-corrected chi connectivity index (χ4v) is 3.15. The second kappa shape index (κ2) is 7.36. The summed E-state index contributed by atoms with van der Waals surface area (Å²) in [6.45, 7) is 1.70. The van der Waals surface area contributed by atoms with Gasteiger partial charge in [0.2, 0.25) is 0 Å². The van der Waals surface area contributed by atoms with Crippen molar-refractivity contribution in [1.82, 2.24) is 0 Å². The van der Waals surface area contributed by atoms with Crippen LogP contribution in [0.15, 0.2) is 65.4 Å². The summed E-state index contributed by atoms with van der Waals surface area (Å²) in [4.78, 5) is 26.9. The van der Waals surface area contributed by atoms with Crippen molar-refractivity contribution in [3.8, 4) is 0 Å². The Morgan fingerprint density at radius 3 is 2.35 bits per heavy atom. The van der Waals surface area contributed by atoms with Crippen molar-refractivity contribution in [3.63, 3.8) is 0 Å². The third-order valence-corrected chi connectivity index (χ3v) is 4.68. The second-order valence-electron chi connectivity index (χ2n) is 5.65. The average molecular weight is 388 g/mol. The molecule has 0 spiro atoms. The summed E-state index contributed by atoms with van der Waals surface area (Å²) >= 11 is 12.1. The zero-order chi connectivity index (χ0) is 18.8. The molecule has 0 atom stereocenters. The maximum atomic E-state index is 13.1. The van der Waals surface area contributed by atoms with E-state index >= 15 is 0 Å². The number of hydrogen-bond acceptors (Lipinski definition) is 3. The molecule has 3 rings (SSSR count). The van der Waals surface area contributed by atoms with Crippen molar-refractivity contribution < 1.29 is 14.3 Å². The highest BCUT2D eigenvalue weighted by Gasteiger charge is 2.37. The molecule has 1 aliphatic rings. The number of hydrogen-bond donors (Lipinski definition) is 0. The van der Waals surface area contributed by atoms with Crippen molar-refractivity contribution in [3.05, 3.63) is 81.0 Å². The zero-order valence-corrected chi connectivity index (χ0v) is 15.6. The van der Waals surface area contributed by atoms with Crippen molar-refractivity contribution in [2.24, 2.45) is 0 Å². The molecule has 0 saturated heterocycles. The van der Waals surface area contributed by atoms with Crippen LogP contribution in [-0.4, -0.2) is 19.0 Å². The predicted octanol–water partition coefficient (Wildman–Crippen LogP) is 4.87. The number of benzene rings is 2. The molecule has 0 bridgehead atoms. The molecule has 0 radical (unpaired) electrons. The molecular formula is C20H15Cl2NO3. The quantitative estimate of drug-likeness (QED) is 0.557. The number of halogens is 2. The monoisotopic (exact) mass is 387 g/mol. The standard InChI is InChI=1S/C20H15Cl2NO3/c1-12-18(20(25)26-2)16(11-13-5-3-4-6-17(13)22)19(24)23(12)15-9-7-14(21)8-10-15/h3-11H,1-2H3. The predicted molar refractivity (Wildman–Crippen MR) is 103 cm³/mol. The van der Waals surface area contributed by atoms with Crippen LogP contribution in [0.25, 0.3) is 6.08 Å². The maximum Gasteiger partial charge on any atom is 0.340 e. The highest BCUT2D eigenvalue weighted by atomic mass is 35.5. The van der Waals surface area contributed by atoms with Gasteiger partial charge < -0.3 is 4.74 Å². The molecule has 1 heterocycles. The van der Waals surface area contributed by atoms with E-state index < -0.39 is 5.97 Å². The van der Waals surface area contributed by atoms with Gasteiger partial charge in [-0.25, -0.2) is 4.79 Å². The Balaban J connectivity index is 2.15. The smallest absolute Gasteiger partial charge is 0.340 e. The Bertz CT molecular complexity index is 946. The zero-order valence-electron chi connectivity index (χ0n) is 14.1. The van der Waals surface area contributed by atoms with E-state index in [0.29, 0.717) is 27.0 Å². The number of rotatable bonds is 3. The number of esters is 1. The van der Waals surface area contributed by atoms with Crippen LogP contribution in [0.4, 0.5) is 5.69 Å². The van der Waals surface area contributed by atoms with E-state index in [1.165, 1.54) is 12.0 Å². The lowest BCUT2D eigenvalue weighted by Gasteiger charge is -2.17. The number of anilines is 1. The summed E-state index contributed by atoms with van der Waals surface area (Å²) in [5.74, 6) is -0.907. The highest BCUT2D eigenvalue weighted by molar-refractivity contribution is 6.33. The van der Waals surface area contributed by atoms with Crippen LogP contribution in [0.2, 0.25) is 10.0 Å². The van der Waals surface area contributed by atoms with Crippen molar-refractivity contribution in [2.75, 3.05) is 12.0 Å². The van der Waals surface area contributed by atoms with Crippen LogP contribution >= 0.6 is 23.2 Å². The van der Waals surface area contributed by atoms with Gasteiger partial charge in [0.25, 0.3) is 5.91 Å². The number of methoxy groups -OCH3 is 1.